The lowest BCUT2D eigenvalue weighted by Crippen LogP contribution is -2.15. The highest BCUT2D eigenvalue weighted by molar-refractivity contribution is 7.14. The van der Waals surface area contributed by atoms with Crippen LogP contribution in [-0.4, -0.2) is 15.9 Å². The molecule has 0 bridgehead atoms. The third-order valence-corrected chi connectivity index (χ3v) is 6.35. The van der Waals surface area contributed by atoms with E-state index in [0.717, 1.165) is 33.3 Å². The quantitative estimate of drug-likeness (QED) is 0.296. The highest BCUT2D eigenvalue weighted by Gasteiger charge is 2.20. The van der Waals surface area contributed by atoms with Gasteiger partial charge >= 0.3 is 0 Å². The van der Waals surface area contributed by atoms with E-state index in [0.29, 0.717) is 21.4 Å². The number of nitrogens with one attached hydrogen (secondary N) is 1. The number of carbonyl (C=O) groups excluding carboxylic acids is 1. The Morgan fingerprint density at radius 1 is 0.939 bits per heavy atom. The van der Waals surface area contributed by atoms with Gasteiger partial charge in [0, 0.05) is 26.9 Å². The molecule has 2 heterocycles. The Kier molecular flexibility index (Phi) is 5.62. The number of carbonyl (C=O) groups is 1. The largest absolute Gasteiger partial charge is 0.298 e. The third-order valence-electron chi connectivity index (χ3n) is 5.35. The fourth-order valence-corrected chi connectivity index (χ4v) is 4.57. The van der Waals surface area contributed by atoms with Crippen LogP contribution in [0.1, 0.15) is 15.9 Å². The molecule has 0 radical (unpaired) electrons. The van der Waals surface area contributed by atoms with Crippen molar-refractivity contribution >= 4 is 44.9 Å². The first-order valence-corrected chi connectivity index (χ1v) is 11.4. The number of pyridine rings is 1. The van der Waals surface area contributed by atoms with Gasteiger partial charge in [0.25, 0.3) is 5.91 Å². The SMILES string of the molecule is Cc1c(-c2ccc(Cl)cc2)nc2ccccc2c1C(=O)Nc1nc(-c2ccc(F)cc2)cs1. The minimum atomic E-state index is -0.306. The van der Waals surface area contributed by atoms with Crippen LogP contribution in [0.15, 0.2) is 78.2 Å². The predicted molar refractivity (Wildman–Crippen MR) is 132 cm³/mol. The first-order valence-electron chi connectivity index (χ1n) is 10.2. The molecule has 0 spiro atoms. The normalized spacial score (nSPS) is 11.0. The van der Waals surface area contributed by atoms with Crippen molar-refractivity contribution in [1.82, 2.24) is 9.97 Å². The number of thiazole rings is 1. The molecule has 0 fully saturated rings. The molecule has 162 valence electrons. The van der Waals surface area contributed by atoms with E-state index in [4.69, 9.17) is 16.6 Å². The van der Waals surface area contributed by atoms with Gasteiger partial charge < -0.3 is 0 Å². The summed E-state index contributed by atoms with van der Waals surface area (Å²) in [6.07, 6.45) is 0. The second-order valence-electron chi connectivity index (χ2n) is 7.48. The molecule has 3 aromatic carbocycles. The molecule has 5 rings (SSSR count). The fraction of sp³-hybridized carbons (Fsp3) is 0.0385. The fourth-order valence-electron chi connectivity index (χ4n) is 3.73. The topological polar surface area (TPSA) is 54.9 Å². The molecule has 0 atom stereocenters. The molecule has 7 heteroatoms. The number of hydrogen-bond acceptors (Lipinski definition) is 4. The Balaban J connectivity index is 1.54. The number of amides is 1. The zero-order chi connectivity index (χ0) is 22.9. The van der Waals surface area contributed by atoms with E-state index in [1.54, 1.807) is 24.3 Å². The summed E-state index contributed by atoms with van der Waals surface area (Å²) in [4.78, 5) is 22.8. The van der Waals surface area contributed by atoms with E-state index in [9.17, 15) is 9.18 Å². The van der Waals surface area contributed by atoms with Gasteiger partial charge in [0.15, 0.2) is 5.13 Å². The van der Waals surface area contributed by atoms with Crippen LogP contribution in [0, 0.1) is 12.7 Å². The van der Waals surface area contributed by atoms with Gasteiger partial charge in [-0.05, 0) is 55.0 Å². The smallest absolute Gasteiger partial charge is 0.258 e. The first-order chi connectivity index (χ1) is 16.0. The summed E-state index contributed by atoms with van der Waals surface area (Å²) >= 11 is 7.37. The Labute approximate surface area is 198 Å². The molecule has 0 saturated heterocycles. The predicted octanol–water partition coefficient (Wildman–Crippen LogP) is 7.38. The molecule has 2 aromatic heterocycles. The number of fused-ring (bicyclic) bond motifs is 1. The summed E-state index contributed by atoms with van der Waals surface area (Å²) in [5.74, 6) is -0.569. The minimum absolute atomic E-state index is 0.263. The van der Waals surface area contributed by atoms with Crippen molar-refractivity contribution < 1.29 is 9.18 Å². The van der Waals surface area contributed by atoms with Gasteiger partial charge in [0.05, 0.1) is 22.5 Å². The summed E-state index contributed by atoms with van der Waals surface area (Å²) in [5.41, 5.74) is 5.10. The van der Waals surface area contributed by atoms with E-state index in [1.165, 1.54) is 23.5 Å². The number of benzene rings is 3. The Bertz CT molecular complexity index is 1480. The molecule has 0 aliphatic rings. The zero-order valence-electron chi connectivity index (χ0n) is 17.5. The van der Waals surface area contributed by atoms with Crippen LogP contribution in [0.3, 0.4) is 0 Å². The van der Waals surface area contributed by atoms with Gasteiger partial charge in [-0.1, -0.05) is 41.9 Å². The van der Waals surface area contributed by atoms with Crippen molar-refractivity contribution in [3.05, 3.63) is 100 Å². The second kappa shape index (κ2) is 8.73. The maximum absolute atomic E-state index is 13.4. The second-order valence-corrected chi connectivity index (χ2v) is 8.78. The Morgan fingerprint density at radius 3 is 2.39 bits per heavy atom. The summed E-state index contributed by atoms with van der Waals surface area (Å²) in [6.45, 7) is 1.89. The molecule has 33 heavy (non-hydrogen) atoms. The van der Waals surface area contributed by atoms with Gasteiger partial charge in [-0.25, -0.2) is 14.4 Å². The highest BCUT2D eigenvalue weighted by atomic mass is 35.5. The maximum Gasteiger partial charge on any atom is 0.258 e. The van der Waals surface area contributed by atoms with Crippen molar-refractivity contribution in [2.75, 3.05) is 5.32 Å². The van der Waals surface area contributed by atoms with E-state index >= 15 is 0 Å². The van der Waals surface area contributed by atoms with Crippen LogP contribution in [-0.2, 0) is 0 Å². The zero-order valence-corrected chi connectivity index (χ0v) is 19.0. The van der Waals surface area contributed by atoms with Gasteiger partial charge in [0.2, 0.25) is 0 Å². The number of nitrogens with zero attached hydrogens (tertiary/aromatic N) is 2. The molecule has 5 aromatic rings. The van der Waals surface area contributed by atoms with Crippen molar-refractivity contribution in [3.63, 3.8) is 0 Å². The molecule has 0 unspecified atom stereocenters. The van der Waals surface area contributed by atoms with Gasteiger partial charge in [-0.15, -0.1) is 11.3 Å². The Hall–Kier alpha value is -3.61. The number of para-hydroxylation sites is 1. The van der Waals surface area contributed by atoms with Crippen LogP contribution in [0.4, 0.5) is 9.52 Å². The van der Waals surface area contributed by atoms with E-state index < -0.39 is 0 Å². The van der Waals surface area contributed by atoms with Crippen LogP contribution in [0.5, 0.6) is 0 Å². The van der Waals surface area contributed by atoms with Crippen molar-refractivity contribution in [2.45, 2.75) is 6.92 Å². The number of hydrogen-bond donors (Lipinski definition) is 1. The lowest BCUT2D eigenvalue weighted by Gasteiger charge is -2.14. The monoisotopic (exact) mass is 473 g/mol. The van der Waals surface area contributed by atoms with E-state index in [2.05, 4.69) is 10.3 Å². The van der Waals surface area contributed by atoms with Crippen LogP contribution < -0.4 is 5.32 Å². The summed E-state index contributed by atoms with van der Waals surface area (Å²) in [7, 11) is 0. The molecule has 1 N–H and O–H groups in total. The average molecular weight is 474 g/mol. The molecule has 1 amide bonds. The van der Waals surface area contributed by atoms with Gasteiger partial charge in [0.1, 0.15) is 5.82 Å². The van der Waals surface area contributed by atoms with E-state index in [1.807, 2.05) is 48.7 Å². The summed E-state index contributed by atoms with van der Waals surface area (Å²) < 4.78 is 13.2. The number of anilines is 1. The lowest BCUT2D eigenvalue weighted by molar-refractivity contribution is 0.102. The summed E-state index contributed by atoms with van der Waals surface area (Å²) in [5, 5.41) is 6.62. The Morgan fingerprint density at radius 2 is 1.64 bits per heavy atom. The van der Waals surface area contributed by atoms with Crippen molar-refractivity contribution in [3.8, 4) is 22.5 Å². The average Bonchev–Trinajstić information content (AvgIpc) is 3.28. The molecule has 4 nitrogen and oxygen atoms in total. The third kappa shape index (κ3) is 4.23. The number of rotatable bonds is 4. The van der Waals surface area contributed by atoms with Crippen LogP contribution in [0.25, 0.3) is 33.4 Å². The number of aromatic nitrogens is 2. The molecular weight excluding hydrogens is 457 g/mol. The van der Waals surface area contributed by atoms with Crippen LogP contribution >= 0.6 is 22.9 Å². The van der Waals surface area contributed by atoms with Gasteiger partial charge in [-0.3, -0.25) is 10.1 Å². The van der Waals surface area contributed by atoms with Crippen LogP contribution in [0.2, 0.25) is 5.02 Å². The highest BCUT2D eigenvalue weighted by Crippen LogP contribution is 2.32. The number of halogens is 2. The standard InChI is InChI=1S/C26H17ClFN3OS/c1-15-23(25(32)31-26-30-22(14-33-26)16-8-12-19(28)13-9-16)20-4-2-3-5-21(20)29-24(15)17-6-10-18(27)11-7-17/h2-14H,1H3,(H,30,31,32). The van der Waals surface area contributed by atoms with Gasteiger partial charge in [-0.2, -0.15) is 0 Å². The lowest BCUT2D eigenvalue weighted by atomic mass is 9.97. The minimum Gasteiger partial charge on any atom is -0.298 e. The van der Waals surface area contributed by atoms with Crippen molar-refractivity contribution in [2.24, 2.45) is 0 Å². The molecule has 0 aliphatic heterocycles. The summed E-state index contributed by atoms with van der Waals surface area (Å²) in [6, 6.07) is 21.1. The van der Waals surface area contributed by atoms with E-state index in [-0.39, 0.29) is 11.7 Å². The molecular formula is C26H17ClFN3OS. The first kappa shape index (κ1) is 21.2. The molecule has 0 saturated carbocycles. The maximum atomic E-state index is 13.4. The van der Waals surface area contributed by atoms with Crippen molar-refractivity contribution in [1.29, 1.82) is 0 Å². The molecule has 0 aliphatic carbocycles.